The molecule has 0 bridgehead atoms. The highest BCUT2D eigenvalue weighted by Gasteiger charge is 2.63. The van der Waals surface area contributed by atoms with Gasteiger partial charge in [-0.2, -0.15) is 0 Å². The van der Waals surface area contributed by atoms with Crippen LogP contribution in [-0.4, -0.2) is 48.4 Å². The van der Waals surface area contributed by atoms with Crippen LogP contribution in [-0.2, 0) is 22.6 Å². The number of barbiturate groups is 1. The van der Waals surface area contributed by atoms with E-state index in [9.17, 15) is 14.4 Å². The van der Waals surface area contributed by atoms with Gasteiger partial charge in [-0.15, -0.1) is 0 Å². The first-order valence-electron chi connectivity index (χ1n) is 11.9. The Hall–Kier alpha value is -3.97. The Labute approximate surface area is 203 Å². The number of fused-ring (bicyclic) bond motifs is 4. The second-order valence-electron chi connectivity index (χ2n) is 9.44. The molecule has 3 aliphatic rings. The average molecular weight is 467 g/mol. The number of nitrogens with zero attached hydrogens (tertiary/aromatic N) is 3. The topological polar surface area (TPSA) is 73.0 Å². The minimum atomic E-state index is -1.41. The van der Waals surface area contributed by atoms with E-state index in [2.05, 4.69) is 33.3 Å². The molecule has 2 fully saturated rings. The highest BCUT2D eigenvalue weighted by molar-refractivity contribution is 6.30. The third-order valence-electron chi connectivity index (χ3n) is 7.48. The number of nitrogens with one attached hydrogen (secondary N) is 1. The lowest BCUT2D eigenvalue weighted by Crippen LogP contribution is -2.75. The molecule has 2 atom stereocenters. The zero-order chi connectivity index (χ0) is 24.0. The Bertz CT molecular complexity index is 1300. The largest absolute Gasteiger partial charge is 0.364 e. The van der Waals surface area contributed by atoms with Gasteiger partial charge >= 0.3 is 6.03 Å². The summed E-state index contributed by atoms with van der Waals surface area (Å²) in [5.41, 5.74) is 2.25. The van der Waals surface area contributed by atoms with Crippen LogP contribution >= 0.6 is 0 Å². The van der Waals surface area contributed by atoms with Gasteiger partial charge < -0.3 is 4.90 Å². The molecule has 1 spiro atoms. The lowest BCUT2D eigenvalue weighted by atomic mass is 9.67. The zero-order valence-corrected chi connectivity index (χ0v) is 19.3. The first-order chi connectivity index (χ1) is 17.1. The van der Waals surface area contributed by atoms with Crippen LogP contribution < -0.4 is 15.1 Å². The zero-order valence-electron chi connectivity index (χ0n) is 19.3. The van der Waals surface area contributed by atoms with Crippen molar-refractivity contribution in [2.24, 2.45) is 5.41 Å². The fourth-order valence-corrected chi connectivity index (χ4v) is 5.81. The van der Waals surface area contributed by atoms with Crippen LogP contribution in [0.4, 0.5) is 16.2 Å². The fourth-order valence-electron chi connectivity index (χ4n) is 5.81. The van der Waals surface area contributed by atoms with Crippen molar-refractivity contribution < 1.29 is 14.4 Å². The van der Waals surface area contributed by atoms with Gasteiger partial charge in [-0.1, -0.05) is 66.7 Å². The van der Waals surface area contributed by atoms with Crippen molar-refractivity contribution in [1.82, 2.24) is 10.2 Å². The third kappa shape index (κ3) is 3.42. The number of benzene rings is 3. The van der Waals surface area contributed by atoms with Crippen molar-refractivity contribution in [1.29, 1.82) is 0 Å². The van der Waals surface area contributed by atoms with Crippen LogP contribution in [0.3, 0.4) is 0 Å². The van der Waals surface area contributed by atoms with Crippen molar-refractivity contribution in [3.05, 3.63) is 96.1 Å². The van der Waals surface area contributed by atoms with Crippen molar-refractivity contribution in [3.63, 3.8) is 0 Å². The maximum Gasteiger partial charge on any atom is 0.335 e. The van der Waals surface area contributed by atoms with Crippen LogP contribution in [0, 0.1) is 5.41 Å². The number of anilines is 2. The van der Waals surface area contributed by atoms with Crippen molar-refractivity contribution >= 4 is 29.2 Å². The maximum atomic E-state index is 14.3. The number of piperazine rings is 1. The van der Waals surface area contributed by atoms with E-state index < -0.39 is 29.3 Å². The van der Waals surface area contributed by atoms with Crippen LogP contribution in [0.5, 0.6) is 0 Å². The molecule has 0 unspecified atom stereocenters. The first kappa shape index (κ1) is 21.6. The standard InChI is InChI=1S/C28H26N4O3/c33-25-28(26(34)32(27(35)29-25)22-12-5-2-6-13-22)17-21-11-7-8-14-23(21)31-16-15-30(19-24(28)31)18-20-9-3-1-4-10-20/h1-14,24H,15-19H2,(H,29,33,35)/t24-,28+/m1/s1. The summed E-state index contributed by atoms with van der Waals surface area (Å²) in [4.78, 5) is 46.5. The average Bonchev–Trinajstić information content (AvgIpc) is 2.88. The van der Waals surface area contributed by atoms with Crippen molar-refractivity contribution in [2.45, 2.75) is 19.0 Å². The number of para-hydroxylation sites is 2. The Morgan fingerprint density at radius 1 is 0.829 bits per heavy atom. The molecule has 0 aliphatic carbocycles. The number of rotatable bonds is 3. The van der Waals surface area contributed by atoms with Crippen LogP contribution in [0.15, 0.2) is 84.9 Å². The molecule has 3 heterocycles. The SMILES string of the molecule is O=C1NC(=O)[C@@]2(Cc3ccccc3N3CCN(Cc4ccccc4)C[C@@H]32)C(=O)N1c1ccccc1. The van der Waals surface area contributed by atoms with Gasteiger partial charge in [0.15, 0.2) is 5.41 Å². The van der Waals surface area contributed by atoms with E-state index in [4.69, 9.17) is 0 Å². The summed E-state index contributed by atoms with van der Waals surface area (Å²) in [7, 11) is 0. The van der Waals surface area contributed by atoms with Gasteiger partial charge in [0.2, 0.25) is 5.91 Å². The molecule has 6 rings (SSSR count). The summed E-state index contributed by atoms with van der Waals surface area (Å²) in [6, 6.07) is 25.9. The number of amides is 4. The Morgan fingerprint density at radius 3 is 2.29 bits per heavy atom. The monoisotopic (exact) mass is 466 g/mol. The summed E-state index contributed by atoms with van der Waals surface area (Å²) in [5, 5.41) is 2.53. The van der Waals surface area contributed by atoms with E-state index in [-0.39, 0.29) is 6.42 Å². The van der Waals surface area contributed by atoms with E-state index in [0.29, 0.717) is 18.8 Å². The lowest BCUT2D eigenvalue weighted by molar-refractivity contribution is -0.145. The molecule has 7 nitrogen and oxygen atoms in total. The number of carbonyl (C=O) groups excluding carboxylic acids is 3. The minimum Gasteiger partial charge on any atom is -0.364 e. The molecule has 7 heteroatoms. The van der Waals surface area contributed by atoms with Gasteiger partial charge in [-0.25, -0.2) is 9.69 Å². The number of hydrogen-bond donors (Lipinski definition) is 1. The Kier molecular flexibility index (Phi) is 5.15. The van der Waals surface area contributed by atoms with Gasteiger partial charge in [0.1, 0.15) is 0 Å². The number of urea groups is 1. The molecule has 0 aromatic heterocycles. The molecule has 2 saturated heterocycles. The third-order valence-corrected chi connectivity index (χ3v) is 7.48. The summed E-state index contributed by atoms with van der Waals surface area (Å²) < 4.78 is 0. The number of hydrogen-bond acceptors (Lipinski definition) is 5. The molecule has 4 amide bonds. The van der Waals surface area contributed by atoms with Gasteiger partial charge in [0, 0.05) is 31.9 Å². The molecular formula is C28H26N4O3. The van der Waals surface area contributed by atoms with Gasteiger partial charge in [-0.05, 0) is 35.7 Å². The summed E-state index contributed by atoms with van der Waals surface area (Å²) in [6.07, 6.45) is 0.255. The predicted octanol–water partition coefficient (Wildman–Crippen LogP) is 3.20. The smallest absolute Gasteiger partial charge is 0.335 e. The fraction of sp³-hybridized carbons (Fsp3) is 0.250. The van der Waals surface area contributed by atoms with E-state index in [1.54, 1.807) is 24.3 Å². The summed E-state index contributed by atoms with van der Waals surface area (Å²) >= 11 is 0. The molecule has 0 radical (unpaired) electrons. The van der Waals surface area contributed by atoms with Crippen LogP contribution in [0.25, 0.3) is 0 Å². The lowest BCUT2D eigenvalue weighted by Gasteiger charge is -2.55. The van der Waals surface area contributed by atoms with Crippen LogP contribution in [0.1, 0.15) is 11.1 Å². The molecular weight excluding hydrogens is 440 g/mol. The highest BCUT2D eigenvalue weighted by atomic mass is 16.2. The first-order valence-corrected chi connectivity index (χ1v) is 11.9. The van der Waals surface area contributed by atoms with E-state index in [1.165, 1.54) is 5.56 Å². The summed E-state index contributed by atoms with van der Waals surface area (Å²) in [5.74, 6) is -0.964. The predicted molar refractivity (Wildman–Crippen MR) is 133 cm³/mol. The molecule has 3 aliphatic heterocycles. The number of imide groups is 2. The maximum absolute atomic E-state index is 14.3. The minimum absolute atomic E-state index is 0.255. The molecule has 1 N–H and O–H groups in total. The molecule has 176 valence electrons. The Balaban J connectivity index is 1.44. The van der Waals surface area contributed by atoms with Crippen molar-refractivity contribution in [2.75, 3.05) is 29.4 Å². The van der Waals surface area contributed by atoms with E-state index in [1.807, 2.05) is 42.5 Å². The quantitative estimate of drug-likeness (QED) is 0.601. The molecule has 0 saturated carbocycles. The van der Waals surface area contributed by atoms with Gasteiger partial charge in [-0.3, -0.25) is 19.8 Å². The number of carbonyl (C=O) groups is 3. The normalized spacial score (nSPS) is 24.2. The van der Waals surface area contributed by atoms with Gasteiger partial charge in [0.25, 0.3) is 5.91 Å². The molecule has 3 aromatic rings. The van der Waals surface area contributed by atoms with Crippen LogP contribution in [0.2, 0.25) is 0 Å². The van der Waals surface area contributed by atoms with Crippen molar-refractivity contribution in [3.8, 4) is 0 Å². The van der Waals surface area contributed by atoms with E-state index in [0.717, 1.165) is 29.2 Å². The highest BCUT2D eigenvalue weighted by Crippen LogP contribution is 2.46. The molecule has 3 aromatic carbocycles. The van der Waals surface area contributed by atoms with Gasteiger partial charge in [0.05, 0.1) is 11.7 Å². The van der Waals surface area contributed by atoms with E-state index >= 15 is 0 Å². The second-order valence-corrected chi connectivity index (χ2v) is 9.44. The molecule has 35 heavy (non-hydrogen) atoms. The second kappa shape index (κ2) is 8.36. The Morgan fingerprint density at radius 2 is 1.51 bits per heavy atom. The summed E-state index contributed by atoms with van der Waals surface area (Å²) in [6.45, 7) is 2.78.